The second-order valence-corrected chi connectivity index (χ2v) is 9.18. The number of carbonyl (C=O) groups excluding carboxylic acids is 2. The molecule has 6 nitrogen and oxygen atoms in total. The first-order chi connectivity index (χ1) is 14.6. The number of methoxy groups -OCH3 is 1. The molecule has 2 saturated heterocycles. The number of hydrogen-bond acceptors (Lipinski definition) is 3. The molecule has 0 aromatic heterocycles. The average molecular weight is 414 g/mol. The molecule has 1 aromatic rings. The molecular weight excluding hydrogens is 378 g/mol. The quantitative estimate of drug-likeness (QED) is 0.744. The van der Waals surface area contributed by atoms with Crippen molar-refractivity contribution in [2.75, 3.05) is 19.0 Å². The van der Waals surface area contributed by atoms with Crippen molar-refractivity contribution < 1.29 is 14.3 Å². The maximum absolute atomic E-state index is 12.8. The second-order valence-electron chi connectivity index (χ2n) is 9.18. The standard InChI is InChI=1S/C24H35N3O3/c1-3-6-19-20-7-4-8-22(28)27-16-5-14-24(20,27)15-13-21(19)26-23(29)25-17-9-11-18(30-2)12-10-17/h9-12,19-21H,3-8,13-16H2,1-2H3,(H2,25,26,29)/t19-,20+,21+,24-/m1/s1. The summed E-state index contributed by atoms with van der Waals surface area (Å²) < 4.78 is 5.18. The summed E-state index contributed by atoms with van der Waals surface area (Å²) in [5.74, 6) is 2.04. The first-order valence-corrected chi connectivity index (χ1v) is 11.6. The van der Waals surface area contributed by atoms with Crippen molar-refractivity contribution in [1.29, 1.82) is 0 Å². The minimum Gasteiger partial charge on any atom is -0.497 e. The Hall–Kier alpha value is -2.24. The van der Waals surface area contributed by atoms with Crippen LogP contribution in [0.1, 0.15) is 64.7 Å². The number of carbonyl (C=O) groups is 2. The molecule has 0 bridgehead atoms. The van der Waals surface area contributed by atoms with Crippen molar-refractivity contribution in [2.45, 2.75) is 76.3 Å². The van der Waals surface area contributed by atoms with Crippen LogP contribution in [0.2, 0.25) is 0 Å². The fraction of sp³-hybridized carbons (Fsp3) is 0.667. The molecule has 2 heterocycles. The van der Waals surface area contributed by atoms with Crippen molar-refractivity contribution in [3.8, 4) is 5.75 Å². The van der Waals surface area contributed by atoms with Crippen molar-refractivity contribution in [3.63, 3.8) is 0 Å². The van der Waals surface area contributed by atoms with Gasteiger partial charge in [-0.25, -0.2) is 4.79 Å². The molecule has 6 heteroatoms. The summed E-state index contributed by atoms with van der Waals surface area (Å²) in [7, 11) is 1.63. The molecule has 3 fully saturated rings. The van der Waals surface area contributed by atoms with Crippen molar-refractivity contribution in [3.05, 3.63) is 24.3 Å². The van der Waals surface area contributed by atoms with E-state index in [0.717, 1.165) is 69.3 Å². The summed E-state index contributed by atoms with van der Waals surface area (Å²) >= 11 is 0. The molecule has 30 heavy (non-hydrogen) atoms. The van der Waals surface area contributed by atoms with Gasteiger partial charge in [-0.3, -0.25) is 4.79 Å². The number of anilines is 1. The molecule has 2 aliphatic heterocycles. The summed E-state index contributed by atoms with van der Waals surface area (Å²) in [5, 5.41) is 6.26. The van der Waals surface area contributed by atoms with Gasteiger partial charge in [-0.15, -0.1) is 0 Å². The smallest absolute Gasteiger partial charge is 0.319 e. The molecule has 4 atom stereocenters. The Balaban J connectivity index is 1.48. The zero-order chi connectivity index (χ0) is 21.1. The van der Waals surface area contributed by atoms with Crippen LogP contribution in [-0.4, -0.2) is 42.1 Å². The fourth-order valence-electron chi connectivity index (χ4n) is 6.42. The molecular formula is C24H35N3O3. The first kappa shape index (κ1) is 21.0. The van der Waals surface area contributed by atoms with Gasteiger partial charge < -0.3 is 20.3 Å². The van der Waals surface area contributed by atoms with Gasteiger partial charge in [0.25, 0.3) is 0 Å². The number of amides is 3. The van der Waals surface area contributed by atoms with Crippen LogP contribution in [0, 0.1) is 11.8 Å². The van der Waals surface area contributed by atoms with Crippen LogP contribution in [0.25, 0.3) is 0 Å². The van der Waals surface area contributed by atoms with Gasteiger partial charge in [-0.1, -0.05) is 13.3 Å². The van der Waals surface area contributed by atoms with E-state index in [2.05, 4.69) is 22.5 Å². The Morgan fingerprint density at radius 3 is 2.73 bits per heavy atom. The lowest BCUT2D eigenvalue weighted by Crippen LogP contribution is -2.60. The number of rotatable bonds is 5. The van der Waals surface area contributed by atoms with E-state index in [1.807, 2.05) is 24.3 Å². The zero-order valence-corrected chi connectivity index (χ0v) is 18.3. The van der Waals surface area contributed by atoms with E-state index >= 15 is 0 Å². The van der Waals surface area contributed by atoms with Crippen LogP contribution in [-0.2, 0) is 4.79 Å². The average Bonchev–Trinajstić information content (AvgIpc) is 3.11. The Morgan fingerprint density at radius 1 is 1.20 bits per heavy atom. The number of nitrogens with zero attached hydrogens (tertiary/aromatic N) is 1. The van der Waals surface area contributed by atoms with Crippen LogP contribution in [0.5, 0.6) is 5.75 Å². The fourth-order valence-corrected chi connectivity index (χ4v) is 6.42. The molecule has 0 unspecified atom stereocenters. The number of hydrogen-bond donors (Lipinski definition) is 2. The van der Waals surface area contributed by atoms with Gasteiger partial charge in [-0.05, 0) is 81.0 Å². The predicted molar refractivity (Wildman–Crippen MR) is 118 cm³/mol. The minimum absolute atomic E-state index is 0.0397. The van der Waals surface area contributed by atoms with E-state index in [1.54, 1.807) is 7.11 Å². The van der Waals surface area contributed by atoms with E-state index in [9.17, 15) is 9.59 Å². The molecule has 2 N–H and O–H groups in total. The van der Waals surface area contributed by atoms with E-state index in [1.165, 1.54) is 0 Å². The van der Waals surface area contributed by atoms with Crippen LogP contribution in [0.4, 0.5) is 10.5 Å². The van der Waals surface area contributed by atoms with Gasteiger partial charge in [0.05, 0.1) is 7.11 Å². The van der Waals surface area contributed by atoms with Crippen LogP contribution in [0.15, 0.2) is 24.3 Å². The van der Waals surface area contributed by atoms with Crippen molar-refractivity contribution >= 4 is 17.6 Å². The largest absolute Gasteiger partial charge is 0.497 e. The third-order valence-corrected chi connectivity index (χ3v) is 7.63. The van der Waals surface area contributed by atoms with E-state index in [-0.39, 0.29) is 17.6 Å². The zero-order valence-electron chi connectivity index (χ0n) is 18.3. The summed E-state index contributed by atoms with van der Waals surface area (Å²) in [6.45, 7) is 3.15. The molecule has 0 radical (unpaired) electrons. The van der Waals surface area contributed by atoms with Crippen LogP contribution in [0.3, 0.4) is 0 Å². The molecule has 164 valence electrons. The summed E-state index contributed by atoms with van der Waals surface area (Å²) in [6.07, 6.45) is 9.18. The van der Waals surface area contributed by atoms with Gasteiger partial charge in [0, 0.05) is 30.2 Å². The molecule has 1 spiro atoms. The molecule has 1 aliphatic carbocycles. The molecule has 1 saturated carbocycles. The summed E-state index contributed by atoms with van der Waals surface area (Å²) in [5.41, 5.74) is 0.799. The summed E-state index contributed by atoms with van der Waals surface area (Å²) in [6, 6.07) is 7.41. The Kier molecular flexibility index (Phi) is 6.21. The monoisotopic (exact) mass is 413 g/mol. The lowest BCUT2D eigenvalue weighted by Gasteiger charge is -2.53. The van der Waals surface area contributed by atoms with Gasteiger partial charge >= 0.3 is 6.03 Å². The highest BCUT2D eigenvalue weighted by molar-refractivity contribution is 5.89. The van der Waals surface area contributed by atoms with Gasteiger partial charge in [0.1, 0.15) is 5.75 Å². The van der Waals surface area contributed by atoms with E-state index < -0.39 is 0 Å². The Labute approximate surface area is 179 Å². The van der Waals surface area contributed by atoms with E-state index in [0.29, 0.717) is 24.2 Å². The lowest BCUT2D eigenvalue weighted by molar-refractivity contribution is -0.138. The maximum atomic E-state index is 12.8. The third-order valence-electron chi connectivity index (χ3n) is 7.63. The highest BCUT2D eigenvalue weighted by atomic mass is 16.5. The molecule has 1 aromatic carbocycles. The Morgan fingerprint density at radius 2 is 2.00 bits per heavy atom. The van der Waals surface area contributed by atoms with Crippen molar-refractivity contribution in [1.82, 2.24) is 10.2 Å². The topological polar surface area (TPSA) is 70.7 Å². The number of ether oxygens (including phenoxy) is 1. The highest BCUT2D eigenvalue weighted by Crippen LogP contribution is 2.52. The van der Waals surface area contributed by atoms with Gasteiger partial charge in [-0.2, -0.15) is 0 Å². The molecule has 3 amide bonds. The van der Waals surface area contributed by atoms with Crippen LogP contribution < -0.4 is 15.4 Å². The minimum atomic E-state index is -0.143. The van der Waals surface area contributed by atoms with Crippen molar-refractivity contribution in [2.24, 2.45) is 11.8 Å². The predicted octanol–water partition coefficient (Wildman–Crippen LogP) is 4.56. The third kappa shape index (κ3) is 3.88. The number of benzene rings is 1. The number of nitrogens with one attached hydrogen (secondary N) is 2. The molecule has 3 aliphatic rings. The number of urea groups is 1. The van der Waals surface area contributed by atoms with Crippen LogP contribution >= 0.6 is 0 Å². The normalized spacial score (nSPS) is 30.8. The lowest BCUT2D eigenvalue weighted by atomic mass is 9.61. The second kappa shape index (κ2) is 8.86. The highest BCUT2D eigenvalue weighted by Gasteiger charge is 2.55. The SMILES string of the molecule is CCC[C@H]1[C@@H](NC(=O)Nc2ccc(OC)cc2)CC[C@@]23CCCN2C(=O)CCC[C@@H]13. The Bertz CT molecular complexity index is 765. The van der Waals surface area contributed by atoms with Gasteiger partial charge in [0.2, 0.25) is 5.91 Å². The summed E-state index contributed by atoms with van der Waals surface area (Å²) in [4.78, 5) is 27.8. The van der Waals surface area contributed by atoms with E-state index in [4.69, 9.17) is 4.74 Å². The van der Waals surface area contributed by atoms with Gasteiger partial charge in [0.15, 0.2) is 0 Å². The maximum Gasteiger partial charge on any atom is 0.319 e. The molecule has 4 rings (SSSR count). The first-order valence-electron chi connectivity index (χ1n) is 11.6.